The minimum absolute atomic E-state index is 0.0642. The smallest absolute Gasteiger partial charge is 0.267 e. The van der Waals surface area contributed by atoms with Crippen molar-refractivity contribution in [2.24, 2.45) is 0 Å². The number of fused-ring (bicyclic) bond motifs is 1. The number of benzene rings is 2. The fourth-order valence-corrected chi connectivity index (χ4v) is 5.06. The Balaban J connectivity index is 1.48. The number of hydrogen-bond acceptors (Lipinski definition) is 3. The van der Waals surface area contributed by atoms with Crippen LogP contribution < -0.4 is 10.9 Å². The van der Waals surface area contributed by atoms with Crippen LogP contribution in [0.15, 0.2) is 65.6 Å². The minimum Gasteiger partial charge on any atom is -0.346 e. The van der Waals surface area contributed by atoms with E-state index in [2.05, 4.69) is 15.4 Å². The number of rotatable bonds is 7. The third kappa shape index (κ3) is 5.53. The van der Waals surface area contributed by atoms with E-state index in [1.54, 1.807) is 10.9 Å². The highest BCUT2D eigenvalue weighted by Crippen LogP contribution is 2.29. The first-order chi connectivity index (χ1) is 17.9. The van der Waals surface area contributed by atoms with Gasteiger partial charge in [-0.1, -0.05) is 35.9 Å². The summed E-state index contributed by atoms with van der Waals surface area (Å²) in [5, 5.41) is 5.81. The quantitative estimate of drug-likeness (QED) is 0.381. The Morgan fingerprint density at radius 2 is 1.81 bits per heavy atom. The van der Waals surface area contributed by atoms with Crippen molar-refractivity contribution in [3.05, 3.63) is 111 Å². The van der Waals surface area contributed by atoms with E-state index in [0.717, 1.165) is 53.3 Å². The van der Waals surface area contributed by atoms with Crippen molar-refractivity contribution in [1.29, 1.82) is 0 Å². The summed E-state index contributed by atoms with van der Waals surface area (Å²) in [6.45, 7) is 1.94. The molecule has 2 aromatic heterocycles. The Bertz CT molecular complexity index is 1470. The summed E-state index contributed by atoms with van der Waals surface area (Å²) in [5.74, 6) is -1.70. The summed E-state index contributed by atoms with van der Waals surface area (Å²) in [4.78, 5) is 30.2. The molecule has 4 aromatic rings. The third-order valence-electron chi connectivity index (χ3n) is 6.81. The first kappa shape index (κ1) is 24.6. The van der Waals surface area contributed by atoms with Gasteiger partial charge in [0.1, 0.15) is 18.2 Å². The van der Waals surface area contributed by atoms with Gasteiger partial charge in [0.05, 0.1) is 11.7 Å². The lowest BCUT2D eigenvalue weighted by Gasteiger charge is -2.22. The Morgan fingerprint density at radius 1 is 1.08 bits per heavy atom. The lowest BCUT2D eigenvalue weighted by Crippen LogP contribution is -2.34. The van der Waals surface area contributed by atoms with Crippen LogP contribution >= 0.6 is 0 Å². The Labute approximate surface area is 213 Å². The van der Waals surface area contributed by atoms with Gasteiger partial charge in [0.25, 0.3) is 5.56 Å². The molecule has 0 saturated heterocycles. The SMILES string of the molecule is Cc1ccc(-c2cccnc2[C@H](Cc2cc(F)cc(F)c2)NC(=O)Cn2[nH]c(=O)c3c2CCCC3)cc1. The molecule has 1 aliphatic carbocycles. The summed E-state index contributed by atoms with van der Waals surface area (Å²) in [7, 11) is 0. The summed E-state index contributed by atoms with van der Waals surface area (Å²) in [5.41, 5.74) is 5.30. The molecule has 1 aliphatic rings. The standard InChI is InChI=1S/C29H28F2N4O2/c1-18-8-10-20(11-9-18)23-6-4-12-32-28(23)25(15-19-13-21(30)16-22(31)14-19)33-27(36)17-35-26-7-3-2-5-24(26)29(37)34-35/h4,6,8-14,16,25H,2-3,5,7,15,17H2,1H3,(H,33,36)(H,34,37)/t25-/m0/s1. The van der Waals surface area contributed by atoms with Crippen LogP contribution in [-0.2, 0) is 30.6 Å². The molecule has 37 heavy (non-hydrogen) atoms. The van der Waals surface area contributed by atoms with Crippen molar-refractivity contribution in [2.45, 2.75) is 51.6 Å². The maximum atomic E-state index is 14.0. The van der Waals surface area contributed by atoms with E-state index in [-0.39, 0.29) is 24.4 Å². The minimum atomic E-state index is -0.684. The van der Waals surface area contributed by atoms with Gasteiger partial charge in [0, 0.05) is 29.1 Å². The monoisotopic (exact) mass is 502 g/mol. The van der Waals surface area contributed by atoms with Crippen LogP contribution in [0.1, 0.15) is 47.0 Å². The molecule has 0 spiro atoms. The number of halogens is 2. The second-order valence-corrected chi connectivity index (χ2v) is 9.56. The molecular weight excluding hydrogens is 474 g/mol. The third-order valence-corrected chi connectivity index (χ3v) is 6.81. The lowest BCUT2D eigenvalue weighted by molar-refractivity contribution is -0.122. The van der Waals surface area contributed by atoms with Crippen molar-refractivity contribution in [3.63, 3.8) is 0 Å². The molecule has 2 N–H and O–H groups in total. The molecule has 0 saturated carbocycles. The first-order valence-corrected chi connectivity index (χ1v) is 12.4. The molecule has 2 heterocycles. The molecular formula is C29H28F2N4O2. The number of H-pyrrole nitrogens is 1. The predicted molar refractivity (Wildman–Crippen MR) is 137 cm³/mol. The van der Waals surface area contributed by atoms with Crippen molar-refractivity contribution >= 4 is 5.91 Å². The summed E-state index contributed by atoms with van der Waals surface area (Å²) < 4.78 is 29.6. The van der Waals surface area contributed by atoms with E-state index in [0.29, 0.717) is 17.7 Å². The zero-order chi connectivity index (χ0) is 25.9. The van der Waals surface area contributed by atoms with Crippen LogP contribution in [0.3, 0.4) is 0 Å². The zero-order valence-corrected chi connectivity index (χ0v) is 20.6. The van der Waals surface area contributed by atoms with Gasteiger partial charge in [-0.25, -0.2) is 8.78 Å². The molecule has 190 valence electrons. The number of nitrogens with one attached hydrogen (secondary N) is 2. The van der Waals surface area contributed by atoms with Crippen LogP contribution in [-0.4, -0.2) is 20.7 Å². The molecule has 0 radical (unpaired) electrons. The number of amides is 1. The van der Waals surface area contributed by atoms with Crippen LogP contribution in [0.5, 0.6) is 0 Å². The first-order valence-electron chi connectivity index (χ1n) is 12.4. The maximum absolute atomic E-state index is 14.0. The Morgan fingerprint density at radius 3 is 2.57 bits per heavy atom. The summed E-state index contributed by atoms with van der Waals surface area (Å²) >= 11 is 0. The van der Waals surface area contributed by atoms with Crippen LogP contribution in [0.4, 0.5) is 8.78 Å². The molecule has 0 aliphatic heterocycles. The highest BCUT2D eigenvalue weighted by molar-refractivity contribution is 5.77. The molecule has 5 rings (SSSR count). The van der Waals surface area contributed by atoms with E-state index in [9.17, 15) is 18.4 Å². The second kappa shape index (κ2) is 10.5. The van der Waals surface area contributed by atoms with Gasteiger partial charge in [0.15, 0.2) is 0 Å². The Hall–Kier alpha value is -4.07. The van der Waals surface area contributed by atoms with Gasteiger partial charge in [0.2, 0.25) is 5.91 Å². The second-order valence-electron chi connectivity index (χ2n) is 9.56. The average Bonchev–Trinajstić information content (AvgIpc) is 3.18. The number of carbonyl (C=O) groups is 1. The number of carbonyl (C=O) groups excluding carboxylic acids is 1. The molecule has 8 heteroatoms. The fraction of sp³-hybridized carbons (Fsp3) is 0.276. The van der Waals surface area contributed by atoms with Gasteiger partial charge < -0.3 is 5.32 Å². The zero-order valence-electron chi connectivity index (χ0n) is 20.6. The number of nitrogens with zero attached hydrogens (tertiary/aromatic N) is 2. The topological polar surface area (TPSA) is 79.8 Å². The van der Waals surface area contributed by atoms with Crippen molar-refractivity contribution in [2.75, 3.05) is 0 Å². The number of aromatic nitrogens is 3. The molecule has 6 nitrogen and oxygen atoms in total. The van der Waals surface area contributed by atoms with Gasteiger partial charge in [-0.2, -0.15) is 0 Å². The maximum Gasteiger partial charge on any atom is 0.267 e. The van der Waals surface area contributed by atoms with Crippen molar-refractivity contribution in [1.82, 2.24) is 20.1 Å². The van der Waals surface area contributed by atoms with Crippen molar-refractivity contribution in [3.8, 4) is 11.1 Å². The number of aromatic amines is 1. The molecule has 0 unspecified atom stereocenters. The normalized spacial score (nSPS) is 13.7. The molecule has 1 atom stereocenters. The summed E-state index contributed by atoms with van der Waals surface area (Å²) in [6, 6.07) is 14.4. The van der Waals surface area contributed by atoms with Crippen molar-refractivity contribution < 1.29 is 13.6 Å². The van der Waals surface area contributed by atoms with Gasteiger partial charge in [-0.05, 0) is 68.4 Å². The highest BCUT2D eigenvalue weighted by Gasteiger charge is 2.24. The Kier molecular flexibility index (Phi) is 6.99. The van der Waals surface area contributed by atoms with Gasteiger partial charge in [-0.15, -0.1) is 0 Å². The van der Waals surface area contributed by atoms with Crippen LogP contribution in [0.2, 0.25) is 0 Å². The van der Waals surface area contributed by atoms with E-state index < -0.39 is 17.7 Å². The lowest BCUT2D eigenvalue weighted by atomic mass is 9.95. The number of pyridine rings is 1. The predicted octanol–water partition coefficient (Wildman–Crippen LogP) is 4.80. The number of aryl methyl sites for hydroxylation is 1. The average molecular weight is 503 g/mol. The summed E-state index contributed by atoms with van der Waals surface area (Å²) in [6.07, 6.45) is 5.15. The van der Waals surface area contributed by atoms with E-state index in [4.69, 9.17) is 0 Å². The van der Waals surface area contributed by atoms with Crippen LogP contribution in [0, 0.1) is 18.6 Å². The highest BCUT2D eigenvalue weighted by atomic mass is 19.1. The molecule has 0 fully saturated rings. The molecule has 2 aromatic carbocycles. The van der Waals surface area contributed by atoms with Crippen LogP contribution in [0.25, 0.3) is 11.1 Å². The molecule has 0 bridgehead atoms. The van der Waals surface area contributed by atoms with E-state index >= 15 is 0 Å². The van der Waals surface area contributed by atoms with Gasteiger partial charge in [-0.3, -0.25) is 24.4 Å². The van der Waals surface area contributed by atoms with E-state index in [1.165, 1.54) is 12.1 Å². The number of hydrogen-bond donors (Lipinski definition) is 2. The largest absolute Gasteiger partial charge is 0.346 e. The molecule has 1 amide bonds. The fourth-order valence-electron chi connectivity index (χ4n) is 5.06. The van der Waals surface area contributed by atoms with Gasteiger partial charge >= 0.3 is 0 Å². The van der Waals surface area contributed by atoms with E-state index in [1.807, 2.05) is 43.3 Å².